The lowest BCUT2D eigenvalue weighted by Gasteiger charge is -2.70. The van der Waals surface area contributed by atoms with Crippen LogP contribution in [0.2, 0.25) is 0 Å². The molecule has 0 aromatic heterocycles. The minimum absolute atomic E-state index is 0.122. The molecule has 0 spiro atoms. The molecule has 0 saturated heterocycles. The molecule has 0 unspecified atom stereocenters. The van der Waals surface area contributed by atoms with Crippen molar-refractivity contribution in [3.05, 3.63) is 11.6 Å². The van der Waals surface area contributed by atoms with Crippen LogP contribution in [0.1, 0.15) is 99.8 Å². The van der Waals surface area contributed by atoms with Crippen LogP contribution in [0.4, 0.5) is 0 Å². The van der Waals surface area contributed by atoms with Crippen molar-refractivity contribution < 1.29 is 19.8 Å². The smallest absolute Gasteiger partial charge is 0.159 e. The van der Waals surface area contributed by atoms with Crippen molar-refractivity contribution in [1.29, 1.82) is 0 Å². The second-order valence-corrected chi connectivity index (χ2v) is 15.0. The Morgan fingerprint density at radius 2 is 1.56 bits per heavy atom. The summed E-state index contributed by atoms with van der Waals surface area (Å²) in [6.07, 6.45) is 8.21. The normalized spacial score (nSPS) is 51.5. The molecule has 0 bridgehead atoms. The van der Waals surface area contributed by atoms with Gasteiger partial charge in [-0.2, -0.15) is 0 Å². The fourth-order valence-corrected chi connectivity index (χ4v) is 10.5. The van der Waals surface area contributed by atoms with Crippen molar-refractivity contribution >= 4 is 11.6 Å². The van der Waals surface area contributed by atoms with Crippen LogP contribution < -0.4 is 0 Å². The fourth-order valence-electron chi connectivity index (χ4n) is 10.5. The van der Waals surface area contributed by atoms with E-state index in [2.05, 4.69) is 34.6 Å². The number of rotatable bonds is 1. The van der Waals surface area contributed by atoms with E-state index in [0.29, 0.717) is 19.3 Å². The van der Waals surface area contributed by atoms with Crippen molar-refractivity contribution in [3.63, 3.8) is 0 Å². The molecule has 34 heavy (non-hydrogen) atoms. The van der Waals surface area contributed by atoms with Crippen LogP contribution in [0.15, 0.2) is 11.6 Å². The molecule has 0 amide bonds. The molecule has 8 atom stereocenters. The Kier molecular flexibility index (Phi) is 5.13. The first-order chi connectivity index (χ1) is 15.6. The highest BCUT2D eigenvalue weighted by molar-refractivity contribution is 5.96. The highest BCUT2D eigenvalue weighted by Gasteiger charge is 2.72. The molecule has 0 radical (unpaired) electrons. The van der Waals surface area contributed by atoms with Crippen molar-refractivity contribution in [2.45, 2.75) is 106 Å². The van der Waals surface area contributed by atoms with E-state index < -0.39 is 16.9 Å². The highest BCUT2D eigenvalue weighted by atomic mass is 16.3. The number of Topliss-reactive ketones (excluding diaryl/α,β-unsaturated/α-hetero) is 1. The number of carbonyl (C=O) groups is 2. The second-order valence-electron chi connectivity index (χ2n) is 15.0. The Balaban J connectivity index is 1.67. The van der Waals surface area contributed by atoms with E-state index in [0.717, 1.165) is 32.1 Å². The molecule has 5 aliphatic carbocycles. The predicted molar refractivity (Wildman–Crippen MR) is 133 cm³/mol. The Morgan fingerprint density at radius 1 is 0.912 bits per heavy atom. The van der Waals surface area contributed by atoms with Gasteiger partial charge in [0, 0.05) is 35.7 Å². The summed E-state index contributed by atoms with van der Waals surface area (Å²) in [5, 5.41) is 22.3. The molecular weight excluding hydrogens is 424 g/mol. The monoisotopic (exact) mass is 470 g/mol. The summed E-state index contributed by atoms with van der Waals surface area (Å²) in [6, 6.07) is 0. The Bertz CT molecular complexity index is 961. The lowest BCUT2D eigenvalue weighted by molar-refractivity contribution is -0.217. The quantitative estimate of drug-likeness (QED) is 0.531. The van der Waals surface area contributed by atoms with Crippen molar-refractivity contribution in [2.75, 3.05) is 6.61 Å². The average molecular weight is 471 g/mol. The maximum atomic E-state index is 14.2. The summed E-state index contributed by atoms with van der Waals surface area (Å²) < 4.78 is 0. The van der Waals surface area contributed by atoms with Gasteiger partial charge in [-0.3, -0.25) is 9.59 Å². The zero-order chi connectivity index (χ0) is 25.1. The molecular formula is C30H46O4. The molecule has 190 valence electrons. The first kappa shape index (κ1) is 24.7. The maximum absolute atomic E-state index is 14.2. The van der Waals surface area contributed by atoms with Gasteiger partial charge in [-0.1, -0.05) is 54.0 Å². The largest absolute Gasteiger partial charge is 0.396 e. The second kappa shape index (κ2) is 7.06. The number of hydrogen-bond acceptors (Lipinski definition) is 4. The zero-order valence-corrected chi connectivity index (χ0v) is 22.5. The van der Waals surface area contributed by atoms with Gasteiger partial charge in [0.1, 0.15) is 5.78 Å². The molecule has 5 rings (SSSR count). The van der Waals surface area contributed by atoms with Crippen molar-refractivity contribution in [3.8, 4) is 0 Å². The van der Waals surface area contributed by atoms with Crippen LogP contribution in [0.25, 0.3) is 0 Å². The van der Waals surface area contributed by atoms with Crippen LogP contribution in [0.3, 0.4) is 0 Å². The maximum Gasteiger partial charge on any atom is 0.159 e. The van der Waals surface area contributed by atoms with E-state index in [9.17, 15) is 19.8 Å². The molecule has 2 N–H and O–H groups in total. The third-order valence-electron chi connectivity index (χ3n) is 12.5. The average Bonchev–Trinajstić information content (AvgIpc) is 2.72. The minimum atomic E-state index is -0.620. The van der Waals surface area contributed by atoms with Gasteiger partial charge in [-0.25, -0.2) is 0 Å². The van der Waals surface area contributed by atoms with Gasteiger partial charge in [0.2, 0.25) is 0 Å². The molecule has 4 saturated carbocycles. The molecule has 0 aliphatic heterocycles. The van der Waals surface area contributed by atoms with Gasteiger partial charge in [0.05, 0.1) is 6.10 Å². The fraction of sp³-hybridized carbons (Fsp3) is 0.867. The SMILES string of the molecule is CC1(C)CC[C@]2(CO)CC[C@]3(C)C(=CC(=O)[C@@H]4[C@@]5(C)CCC(=O)C(C)(C)[C@@H]5[C@H](O)C[C@]43C)[C@@H]2C1. The van der Waals surface area contributed by atoms with E-state index in [1.165, 1.54) is 5.57 Å². The summed E-state index contributed by atoms with van der Waals surface area (Å²) >= 11 is 0. The van der Waals surface area contributed by atoms with Crippen LogP contribution >= 0.6 is 0 Å². The summed E-state index contributed by atoms with van der Waals surface area (Å²) in [7, 11) is 0. The van der Waals surface area contributed by atoms with Crippen LogP contribution in [-0.2, 0) is 9.59 Å². The minimum Gasteiger partial charge on any atom is -0.396 e. The van der Waals surface area contributed by atoms with Gasteiger partial charge in [0.25, 0.3) is 0 Å². The molecule has 4 heteroatoms. The summed E-state index contributed by atoms with van der Waals surface area (Å²) in [5.74, 6) is 0.256. The Morgan fingerprint density at radius 3 is 2.21 bits per heavy atom. The number of hydrogen-bond donors (Lipinski definition) is 2. The topological polar surface area (TPSA) is 74.6 Å². The molecule has 5 aliphatic rings. The lowest BCUT2D eigenvalue weighted by atomic mass is 9.33. The van der Waals surface area contributed by atoms with E-state index in [1.54, 1.807) is 0 Å². The zero-order valence-electron chi connectivity index (χ0n) is 22.5. The van der Waals surface area contributed by atoms with E-state index in [4.69, 9.17) is 0 Å². The first-order valence-corrected chi connectivity index (χ1v) is 13.7. The van der Waals surface area contributed by atoms with Crippen LogP contribution in [0, 0.1) is 50.2 Å². The number of allylic oxidation sites excluding steroid dienone is 2. The number of ketones is 2. The van der Waals surface area contributed by atoms with Crippen LogP contribution in [0.5, 0.6) is 0 Å². The van der Waals surface area contributed by atoms with Gasteiger partial charge >= 0.3 is 0 Å². The van der Waals surface area contributed by atoms with Crippen LogP contribution in [-0.4, -0.2) is 34.5 Å². The summed E-state index contributed by atoms with van der Waals surface area (Å²) in [6.45, 7) is 15.6. The Hall–Kier alpha value is -1.00. The predicted octanol–water partition coefficient (Wildman–Crippen LogP) is 5.50. The molecule has 4 nitrogen and oxygen atoms in total. The van der Waals surface area contributed by atoms with Gasteiger partial charge in [-0.05, 0) is 78.6 Å². The third-order valence-corrected chi connectivity index (χ3v) is 12.5. The third kappa shape index (κ3) is 2.85. The standard InChI is InChI=1S/C30H46O4/c1-25(2)10-12-30(17-31)13-11-28(6)18(19(30)15-25)14-20(32)24-27(5)9-8-22(34)26(3,4)23(27)21(33)16-29(24,28)7/h14,19,21,23-24,31,33H,8-13,15-17H2,1-7H3/t19-,21+,23-,24+,27-,28+,29+,30+/m0/s1. The highest BCUT2D eigenvalue weighted by Crippen LogP contribution is 2.74. The molecule has 0 heterocycles. The lowest BCUT2D eigenvalue weighted by Crippen LogP contribution is -2.69. The Labute approximate surface area is 206 Å². The molecule has 4 fully saturated rings. The summed E-state index contributed by atoms with van der Waals surface area (Å²) in [5.41, 5.74) is -0.247. The summed E-state index contributed by atoms with van der Waals surface area (Å²) in [4.78, 5) is 27.1. The molecule has 0 aromatic rings. The van der Waals surface area contributed by atoms with E-state index >= 15 is 0 Å². The van der Waals surface area contributed by atoms with Gasteiger partial charge in [-0.15, -0.1) is 0 Å². The number of fused-ring (bicyclic) bond motifs is 7. The number of aliphatic hydroxyl groups is 2. The van der Waals surface area contributed by atoms with Crippen molar-refractivity contribution in [2.24, 2.45) is 50.2 Å². The van der Waals surface area contributed by atoms with Crippen molar-refractivity contribution in [1.82, 2.24) is 0 Å². The van der Waals surface area contributed by atoms with E-state index in [-0.39, 0.29) is 57.6 Å². The van der Waals surface area contributed by atoms with Gasteiger partial charge in [0.15, 0.2) is 5.78 Å². The van der Waals surface area contributed by atoms with Gasteiger partial charge < -0.3 is 10.2 Å². The number of aliphatic hydroxyl groups excluding tert-OH is 2. The number of carbonyl (C=O) groups excluding carboxylic acids is 2. The van der Waals surface area contributed by atoms with E-state index in [1.807, 2.05) is 19.9 Å². The first-order valence-electron chi connectivity index (χ1n) is 13.7. The molecule has 0 aromatic carbocycles.